The Hall–Kier alpha value is -1.61. The average molecular weight is 331 g/mol. The maximum Gasteiger partial charge on any atom is 0.338 e. The maximum atomic E-state index is 13.0. The van der Waals surface area contributed by atoms with E-state index in [9.17, 15) is 17.6 Å². The van der Waals surface area contributed by atoms with Crippen molar-refractivity contribution < 1.29 is 22.7 Å². The Morgan fingerprint density at radius 2 is 1.86 bits per heavy atom. The Labute approximate surface area is 128 Å². The molecule has 0 saturated heterocycles. The smallest absolute Gasteiger partial charge is 0.338 e. The van der Waals surface area contributed by atoms with E-state index in [0.717, 1.165) is 12.4 Å². The SMILES string of the molecule is O=C(O)c1cnc(CNS(=O)(=O)CC2CCC(F)CC2)nc1. The number of carbonyl (C=O) groups is 1. The van der Waals surface area contributed by atoms with Crippen LogP contribution in [0.1, 0.15) is 41.9 Å². The summed E-state index contributed by atoms with van der Waals surface area (Å²) >= 11 is 0. The zero-order chi connectivity index (χ0) is 16.2. The fourth-order valence-corrected chi connectivity index (χ4v) is 3.81. The van der Waals surface area contributed by atoms with Crippen molar-refractivity contribution in [3.8, 4) is 0 Å². The lowest BCUT2D eigenvalue weighted by Crippen LogP contribution is -2.32. The van der Waals surface area contributed by atoms with Gasteiger partial charge < -0.3 is 5.11 Å². The maximum absolute atomic E-state index is 13.0. The molecule has 1 heterocycles. The second-order valence-corrected chi connectivity index (χ2v) is 7.27. The van der Waals surface area contributed by atoms with Crippen LogP contribution in [0.25, 0.3) is 0 Å². The molecule has 0 unspecified atom stereocenters. The van der Waals surface area contributed by atoms with Gasteiger partial charge in [-0.05, 0) is 31.6 Å². The molecule has 1 saturated carbocycles. The Morgan fingerprint density at radius 3 is 2.41 bits per heavy atom. The third-order valence-corrected chi connectivity index (χ3v) is 5.13. The first kappa shape index (κ1) is 16.8. The number of sulfonamides is 1. The molecule has 0 amide bonds. The molecule has 0 aliphatic heterocycles. The van der Waals surface area contributed by atoms with Gasteiger partial charge in [0.25, 0.3) is 0 Å². The van der Waals surface area contributed by atoms with Crippen molar-refractivity contribution in [2.24, 2.45) is 5.92 Å². The first-order valence-electron chi connectivity index (χ1n) is 7.01. The number of halogens is 1. The zero-order valence-electron chi connectivity index (χ0n) is 11.9. The number of nitrogens with zero attached hydrogens (tertiary/aromatic N) is 2. The lowest BCUT2D eigenvalue weighted by atomic mass is 9.90. The number of hydrogen-bond acceptors (Lipinski definition) is 5. The van der Waals surface area contributed by atoms with Crippen LogP contribution < -0.4 is 4.72 Å². The van der Waals surface area contributed by atoms with Gasteiger partial charge in [0.05, 0.1) is 17.9 Å². The molecule has 1 aliphatic rings. The zero-order valence-corrected chi connectivity index (χ0v) is 12.7. The molecule has 2 rings (SSSR count). The van der Waals surface area contributed by atoms with Crippen molar-refractivity contribution in [2.75, 3.05) is 5.75 Å². The minimum Gasteiger partial charge on any atom is -0.478 e. The molecule has 0 aromatic carbocycles. The van der Waals surface area contributed by atoms with Gasteiger partial charge >= 0.3 is 5.97 Å². The molecule has 1 aromatic heterocycles. The van der Waals surface area contributed by atoms with Crippen LogP contribution in [0.3, 0.4) is 0 Å². The standard InChI is InChI=1S/C13H18FN3O4S/c14-11-3-1-9(2-4-11)8-22(20,21)17-7-12-15-5-10(6-16-12)13(18)19/h5-6,9,11,17H,1-4,7-8H2,(H,18,19). The van der Waals surface area contributed by atoms with E-state index in [1.165, 1.54) is 0 Å². The van der Waals surface area contributed by atoms with E-state index in [4.69, 9.17) is 5.11 Å². The summed E-state index contributed by atoms with van der Waals surface area (Å²) in [5, 5.41) is 8.72. The quantitative estimate of drug-likeness (QED) is 0.808. The first-order valence-corrected chi connectivity index (χ1v) is 8.66. The van der Waals surface area contributed by atoms with Crippen LogP contribution in [-0.4, -0.2) is 41.4 Å². The summed E-state index contributed by atoms with van der Waals surface area (Å²) in [7, 11) is -3.49. The normalized spacial score (nSPS) is 22.4. The molecule has 0 atom stereocenters. The summed E-state index contributed by atoms with van der Waals surface area (Å²) < 4.78 is 39.4. The van der Waals surface area contributed by atoms with Crippen molar-refractivity contribution in [3.05, 3.63) is 23.8 Å². The van der Waals surface area contributed by atoms with Gasteiger partial charge in [-0.3, -0.25) is 0 Å². The number of aromatic nitrogens is 2. The topological polar surface area (TPSA) is 109 Å². The van der Waals surface area contributed by atoms with E-state index in [-0.39, 0.29) is 29.6 Å². The summed E-state index contributed by atoms with van der Waals surface area (Å²) in [5.74, 6) is -1.01. The largest absolute Gasteiger partial charge is 0.478 e. The molecule has 1 fully saturated rings. The number of nitrogens with one attached hydrogen (secondary N) is 1. The van der Waals surface area contributed by atoms with Crippen molar-refractivity contribution in [2.45, 2.75) is 38.4 Å². The van der Waals surface area contributed by atoms with Crippen molar-refractivity contribution in [1.82, 2.24) is 14.7 Å². The average Bonchev–Trinajstić information content (AvgIpc) is 2.48. The van der Waals surface area contributed by atoms with Crippen LogP contribution in [0, 0.1) is 5.92 Å². The molecule has 9 heteroatoms. The molecule has 122 valence electrons. The molecule has 0 bridgehead atoms. The molecule has 0 spiro atoms. The minimum atomic E-state index is -3.49. The van der Waals surface area contributed by atoms with Crippen LogP contribution in [0.4, 0.5) is 4.39 Å². The Kier molecular flexibility index (Phi) is 5.41. The number of carboxylic acids is 1. The number of hydrogen-bond donors (Lipinski definition) is 2. The van der Waals surface area contributed by atoms with Gasteiger partial charge in [0.1, 0.15) is 12.0 Å². The van der Waals surface area contributed by atoms with Crippen molar-refractivity contribution >= 4 is 16.0 Å². The highest BCUT2D eigenvalue weighted by Gasteiger charge is 2.25. The van der Waals surface area contributed by atoms with Gasteiger partial charge in [0.2, 0.25) is 10.0 Å². The predicted molar refractivity (Wildman–Crippen MR) is 76.5 cm³/mol. The van der Waals surface area contributed by atoms with E-state index >= 15 is 0 Å². The second kappa shape index (κ2) is 7.10. The molecule has 1 aliphatic carbocycles. The summed E-state index contributed by atoms with van der Waals surface area (Å²) in [6, 6.07) is 0. The van der Waals surface area contributed by atoms with E-state index < -0.39 is 22.2 Å². The highest BCUT2D eigenvalue weighted by Crippen LogP contribution is 2.27. The molecule has 7 nitrogen and oxygen atoms in total. The van der Waals surface area contributed by atoms with Crippen LogP contribution in [-0.2, 0) is 16.6 Å². The van der Waals surface area contributed by atoms with Gasteiger partial charge in [0.15, 0.2) is 0 Å². The Morgan fingerprint density at radius 1 is 1.27 bits per heavy atom. The van der Waals surface area contributed by atoms with Crippen LogP contribution in [0.15, 0.2) is 12.4 Å². The summed E-state index contributed by atoms with van der Waals surface area (Å²) in [5.41, 5.74) is -0.0606. The molecule has 1 aromatic rings. The monoisotopic (exact) mass is 331 g/mol. The lowest BCUT2D eigenvalue weighted by Gasteiger charge is -2.23. The van der Waals surface area contributed by atoms with Gasteiger partial charge in [-0.15, -0.1) is 0 Å². The van der Waals surface area contributed by atoms with Crippen LogP contribution in [0.5, 0.6) is 0 Å². The van der Waals surface area contributed by atoms with E-state index in [1.807, 2.05) is 0 Å². The molecular weight excluding hydrogens is 313 g/mol. The Bertz CT molecular complexity index is 613. The van der Waals surface area contributed by atoms with Crippen molar-refractivity contribution in [1.29, 1.82) is 0 Å². The minimum absolute atomic E-state index is 0.0280. The van der Waals surface area contributed by atoms with E-state index in [2.05, 4.69) is 14.7 Å². The molecule has 2 N–H and O–H groups in total. The van der Waals surface area contributed by atoms with Gasteiger partial charge in [-0.1, -0.05) is 0 Å². The number of carboxylic acid groups (broad SMARTS) is 1. The van der Waals surface area contributed by atoms with E-state index in [0.29, 0.717) is 25.7 Å². The number of alkyl halides is 1. The summed E-state index contributed by atoms with van der Waals surface area (Å²) in [6.45, 7) is -0.0965. The van der Waals surface area contributed by atoms with Crippen molar-refractivity contribution in [3.63, 3.8) is 0 Å². The summed E-state index contributed by atoms with van der Waals surface area (Å²) in [6.07, 6.45) is 3.42. The lowest BCUT2D eigenvalue weighted by molar-refractivity contribution is 0.0696. The molecular formula is C13H18FN3O4S. The second-order valence-electron chi connectivity index (χ2n) is 5.41. The van der Waals surface area contributed by atoms with Gasteiger partial charge in [-0.2, -0.15) is 0 Å². The Balaban J connectivity index is 1.85. The van der Waals surface area contributed by atoms with Gasteiger partial charge in [-0.25, -0.2) is 32.3 Å². The number of aromatic carboxylic acids is 1. The third-order valence-electron chi connectivity index (χ3n) is 3.63. The molecule has 22 heavy (non-hydrogen) atoms. The van der Waals surface area contributed by atoms with E-state index in [1.54, 1.807) is 0 Å². The first-order chi connectivity index (χ1) is 10.4. The summed E-state index contributed by atoms with van der Waals surface area (Å²) in [4.78, 5) is 18.2. The van der Waals surface area contributed by atoms with Crippen LogP contribution in [0.2, 0.25) is 0 Å². The highest BCUT2D eigenvalue weighted by atomic mass is 32.2. The van der Waals surface area contributed by atoms with Crippen LogP contribution >= 0.6 is 0 Å². The predicted octanol–water partition coefficient (Wildman–Crippen LogP) is 1.12. The van der Waals surface area contributed by atoms with Gasteiger partial charge in [0, 0.05) is 12.4 Å². The molecule has 0 radical (unpaired) electrons. The fraction of sp³-hybridized carbons (Fsp3) is 0.615. The fourth-order valence-electron chi connectivity index (χ4n) is 2.39. The third kappa shape index (κ3) is 4.99. The highest BCUT2D eigenvalue weighted by molar-refractivity contribution is 7.89. The number of rotatable bonds is 6.